The van der Waals surface area contributed by atoms with Crippen molar-refractivity contribution in [1.29, 1.82) is 0 Å². The van der Waals surface area contributed by atoms with E-state index in [2.05, 4.69) is 27.7 Å². The van der Waals surface area contributed by atoms with Gasteiger partial charge in [0.1, 0.15) is 11.3 Å². The van der Waals surface area contributed by atoms with Crippen LogP contribution in [0.1, 0.15) is 182 Å². The molecule has 0 radical (unpaired) electrons. The zero-order valence-electron chi connectivity index (χ0n) is 30.0. The van der Waals surface area contributed by atoms with Gasteiger partial charge in [-0.2, -0.15) is 0 Å². The zero-order chi connectivity index (χ0) is 33.2. The first-order valence-electron chi connectivity index (χ1n) is 19.1. The lowest BCUT2D eigenvalue weighted by Gasteiger charge is -2.21. The molecule has 0 aliphatic rings. The summed E-state index contributed by atoms with van der Waals surface area (Å²) in [7, 11) is 0. The Labute approximate surface area is 282 Å². The monoisotopic (exact) mass is 634 g/mol. The molecule has 2 unspecified atom stereocenters. The molecular weight excluding hydrogens is 568 g/mol. The number of esters is 2. The van der Waals surface area contributed by atoms with Crippen LogP contribution in [0.2, 0.25) is 0 Å². The molecule has 0 aromatic heterocycles. The Morgan fingerprint density at radius 2 is 1.07 bits per heavy atom. The van der Waals surface area contributed by atoms with Crippen molar-refractivity contribution in [2.24, 2.45) is 11.8 Å². The lowest BCUT2D eigenvalue weighted by atomic mass is 9.88. The highest BCUT2D eigenvalue weighted by Gasteiger charge is 2.24. The van der Waals surface area contributed by atoms with Gasteiger partial charge in [0.15, 0.2) is 0 Å². The third-order valence-electron chi connectivity index (χ3n) is 9.34. The van der Waals surface area contributed by atoms with Crippen molar-refractivity contribution in [2.75, 3.05) is 6.61 Å². The molecular formula is C42H66O4. The molecule has 0 heterocycles. The minimum Gasteiger partial charge on any atom is -0.462 e. The molecule has 0 aliphatic heterocycles. The molecule has 0 bridgehead atoms. The van der Waals surface area contributed by atoms with Gasteiger partial charge in [0.25, 0.3) is 0 Å². The molecule has 0 N–H and O–H groups in total. The van der Waals surface area contributed by atoms with Gasteiger partial charge in [-0.3, -0.25) is 0 Å². The number of benzene rings is 2. The van der Waals surface area contributed by atoms with E-state index in [4.69, 9.17) is 9.47 Å². The minimum absolute atomic E-state index is 0.367. The maximum atomic E-state index is 13.8. The van der Waals surface area contributed by atoms with Crippen LogP contribution >= 0.6 is 0 Å². The maximum absolute atomic E-state index is 13.8. The fourth-order valence-corrected chi connectivity index (χ4v) is 6.42. The quantitative estimate of drug-likeness (QED) is 0.0557. The standard InChI is InChI=1S/C42H66O4/c1-5-9-13-16-17-21-28-36(27-20-15-11-7-3)34-45-42(44)39-32-24-31-38(33-35(25-12-8-4)26-19-14-10-6-2)40(39)46-41(43)37-29-22-18-23-30-37/h18,22-24,29-32,35-36H,5-17,19-21,25-28,33-34H2,1-4H3. The molecule has 0 saturated heterocycles. The van der Waals surface area contributed by atoms with Gasteiger partial charge in [-0.25, -0.2) is 9.59 Å². The van der Waals surface area contributed by atoms with Crippen LogP contribution in [0.15, 0.2) is 48.5 Å². The van der Waals surface area contributed by atoms with E-state index in [1.165, 1.54) is 96.3 Å². The Balaban J connectivity index is 2.24. The Morgan fingerprint density at radius 3 is 1.67 bits per heavy atom. The summed E-state index contributed by atoms with van der Waals surface area (Å²) in [4.78, 5) is 27.1. The lowest BCUT2D eigenvalue weighted by molar-refractivity contribution is 0.0417. The number of carbonyl (C=O) groups excluding carboxylic acids is 2. The van der Waals surface area contributed by atoms with Crippen molar-refractivity contribution >= 4 is 11.9 Å². The van der Waals surface area contributed by atoms with Crippen molar-refractivity contribution in [3.63, 3.8) is 0 Å². The molecule has 0 amide bonds. The molecule has 2 aromatic rings. The summed E-state index contributed by atoms with van der Waals surface area (Å²) in [5, 5.41) is 0. The minimum atomic E-state index is -0.438. The van der Waals surface area contributed by atoms with Crippen LogP contribution in [-0.2, 0) is 11.2 Å². The van der Waals surface area contributed by atoms with Crippen LogP contribution in [0.3, 0.4) is 0 Å². The molecule has 0 saturated carbocycles. The van der Waals surface area contributed by atoms with E-state index in [9.17, 15) is 9.59 Å². The number of unbranched alkanes of at least 4 members (excludes halogenated alkanes) is 12. The molecule has 258 valence electrons. The molecule has 4 nitrogen and oxygen atoms in total. The number of rotatable bonds is 27. The van der Waals surface area contributed by atoms with E-state index in [-0.39, 0.29) is 5.97 Å². The Hall–Kier alpha value is -2.62. The number of carbonyl (C=O) groups is 2. The van der Waals surface area contributed by atoms with Crippen molar-refractivity contribution < 1.29 is 19.1 Å². The molecule has 4 heteroatoms. The number of hydrogen-bond acceptors (Lipinski definition) is 4. The van der Waals surface area contributed by atoms with Crippen LogP contribution in [0.4, 0.5) is 0 Å². The SMILES string of the molecule is CCCCCCCCC(CCCCCC)COC(=O)c1cccc(CC(CCCC)CCCCCC)c1OC(=O)c1ccccc1. The van der Waals surface area contributed by atoms with E-state index < -0.39 is 5.97 Å². The first kappa shape index (κ1) is 39.6. The second-order valence-electron chi connectivity index (χ2n) is 13.5. The highest BCUT2D eigenvalue weighted by atomic mass is 16.5. The number of ether oxygens (including phenoxy) is 2. The van der Waals surface area contributed by atoms with Gasteiger partial charge in [0.05, 0.1) is 12.2 Å². The Kier molecular flexibility index (Phi) is 21.9. The second-order valence-corrected chi connectivity index (χ2v) is 13.5. The van der Waals surface area contributed by atoms with Gasteiger partial charge in [-0.15, -0.1) is 0 Å². The second kappa shape index (κ2) is 25.5. The molecule has 2 rings (SSSR count). The van der Waals surface area contributed by atoms with Gasteiger partial charge < -0.3 is 9.47 Å². The molecule has 0 fully saturated rings. The number of hydrogen-bond donors (Lipinski definition) is 0. The third kappa shape index (κ3) is 16.3. The Bertz CT molecular complexity index is 1060. The van der Waals surface area contributed by atoms with Crippen LogP contribution in [0.25, 0.3) is 0 Å². The largest absolute Gasteiger partial charge is 0.462 e. The summed E-state index contributed by atoms with van der Waals surface area (Å²) in [5.41, 5.74) is 1.77. The first-order chi connectivity index (χ1) is 22.5. The maximum Gasteiger partial charge on any atom is 0.343 e. The highest BCUT2D eigenvalue weighted by Crippen LogP contribution is 2.32. The first-order valence-corrected chi connectivity index (χ1v) is 19.1. The van der Waals surface area contributed by atoms with Crippen LogP contribution in [-0.4, -0.2) is 18.5 Å². The average molecular weight is 635 g/mol. The summed E-state index contributed by atoms with van der Waals surface area (Å²) in [5.74, 6) is 0.417. The van der Waals surface area contributed by atoms with E-state index in [1.54, 1.807) is 18.2 Å². The van der Waals surface area contributed by atoms with Crippen LogP contribution in [0, 0.1) is 11.8 Å². The topological polar surface area (TPSA) is 52.6 Å². The summed E-state index contributed by atoms with van der Waals surface area (Å²) < 4.78 is 12.2. The van der Waals surface area contributed by atoms with Gasteiger partial charge >= 0.3 is 11.9 Å². The summed E-state index contributed by atoms with van der Waals surface area (Å²) in [6.07, 6.45) is 25.1. The van der Waals surface area contributed by atoms with Crippen molar-refractivity contribution in [1.82, 2.24) is 0 Å². The van der Waals surface area contributed by atoms with Crippen molar-refractivity contribution in [3.8, 4) is 5.75 Å². The highest BCUT2D eigenvalue weighted by molar-refractivity contribution is 5.96. The predicted octanol–water partition coefficient (Wildman–Crippen LogP) is 12.7. The van der Waals surface area contributed by atoms with E-state index in [0.29, 0.717) is 35.3 Å². The average Bonchev–Trinajstić information content (AvgIpc) is 3.08. The Morgan fingerprint density at radius 1 is 0.543 bits per heavy atom. The molecule has 0 aliphatic carbocycles. The smallest absolute Gasteiger partial charge is 0.343 e. The summed E-state index contributed by atoms with van der Waals surface area (Å²) in [6.45, 7) is 9.40. The van der Waals surface area contributed by atoms with Gasteiger partial charge in [0.2, 0.25) is 0 Å². The van der Waals surface area contributed by atoms with Gasteiger partial charge in [-0.1, -0.05) is 174 Å². The van der Waals surface area contributed by atoms with E-state index in [1.807, 2.05) is 30.3 Å². The van der Waals surface area contributed by atoms with Gasteiger partial charge in [0, 0.05) is 0 Å². The zero-order valence-corrected chi connectivity index (χ0v) is 30.0. The molecule has 2 atom stereocenters. The van der Waals surface area contributed by atoms with Crippen LogP contribution < -0.4 is 4.74 Å². The molecule has 0 spiro atoms. The number of para-hydroxylation sites is 1. The predicted molar refractivity (Wildman–Crippen MR) is 194 cm³/mol. The normalized spacial score (nSPS) is 12.5. The lowest BCUT2D eigenvalue weighted by Crippen LogP contribution is -2.18. The summed E-state index contributed by atoms with van der Waals surface area (Å²) in [6, 6.07) is 14.8. The summed E-state index contributed by atoms with van der Waals surface area (Å²) >= 11 is 0. The van der Waals surface area contributed by atoms with E-state index in [0.717, 1.165) is 44.1 Å². The van der Waals surface area contributed by atoms with Crippen molar-refractivity contribution in [2.45, 2.75) is 163 Å². The van der Waals surface area contributed by atoms with Crippen LogP contribution in [0.5, 0.6) is 5.75 Å². The van der Waals surface area contributed by atoms with Crippen molar-refractivity contribution in [3.05, 3.63) is 65.2 Å². The fourth-order valence-electron chi connectivity index (χ4n) is 6.42. The fraction of sp³-hybridized carbons (Fsp3) is 0.667. The third-order valence-corrected chi connectivity index (χ3v) is 9.34. The molecule has 2 aromatic carbocycles. The molecule has 46 heavy (non-hydrogen) atoms. The van der Waals surface area contributed by atoms with Gasteiger partial charge in [-0.05, 0) is 54.9 Å². The van der Waals surface area contributed by atoms with E-state index >= 15 is 0 Å².